The highest BCUT2D eigenvalue weighted by Gasteiger charge is 2.38. The van der Waals surface area contributed by atoms with E-state index in [1.54, 1.807) is 0 Å². The van der Waals surface area contributed by atoms with E-state index in [1.807, 2.05) is 65.6 Å². The van der Waals surface area contributed by atoms with Gasteiger partial charge in [-0.3, -0.25) is 4.79 Å². The fraction of sp³-hybridized carbons (Fsp3) is 0.350. The van der Waals surface area contributed by atoms with E-state index < -0.39 is 6.10 Å². The molecular formula is C20H25ClN2O2. The van der Waals surface area contributed by atoms with Gasteiger partial charge in [-0.1, -0.05) is 55.5 Å². The summed E-state index contributed by atoms with van der Waals surface area (Å²) in [7, 11) is 0. The van der Waals surface area contributed by atoms with E-state index in [1.165, 1.54) is 0 Å². The van der Waals surface area contributed by atoms with Crippen LogP contribution in [0.5, 0.6) is 5.75 Å². The zero-order valence-corrected chi connectivity index (χ0v) is 15.2. The van der Waals surface area contributed by atoms with Gasteiger partial charge in [-0.25, -0.2) is 0 Å². The number of carbonyl (C=O) groups excluding carboxylic acids is 1. The SMILES string of the molecule is CC1(CN)CCN(C(=O)C(Oc2ccccc2)c2ccccc2)C1.Cl. The van der Waals surface area contributed by atoms with Crippen LogP contribution in [-0.4, -0.2) is 30.4 Å². The van der Waals surface area contributed by atoms with Crippen molar-refractivity contribution < 1.29 is 9.53 Å². The molecule has 0 spiro atoms. The van der Waals surface area contributed by atoms with Gasteiger partial charge in [-0.15, -0.1) is 12.4 Å². The Balaban J connectivity index is 0.00000225. The molecule has 2 aromatic carbocycles. The van der Waals surface area contributed by atoms with Crippen LogP contribution in [0.2, 0.25) is 0 Å². The van der Waals surface area contributed by atoms with Crippen molar-refractivity contribution in [3.8, 4) is 5.75 Å². The molecule has 2 atom stereocenters. The number of amides is 1. The van der Waals surface area contributed by atoms with E-state index in [4.69, 9.17) is 10.5 Å². The standard InChI is InChI=1S/C20H24N2O2.ClH/c1-20(14-21)12-13-22(15-20)19(23)18(16-8-4-2-5-9-16)24-17-10-6-3-7-11-17;/h2-11,18H,12-15,21H2,1H3;1H. The number of likely N-dealkylation sites (tertiary alicyclic amines) is 1. The Morgan fingerprint density at radius 1 is 1.16 bits per heavy atom. The lowest BCUT2D eigenvalue weighted by molar-refractivity contribution is -0.138. The first kappa shape index (κ1) is 19.3. The Morgan fingerprint density at radius 2 is 1.76 bits per heavy atom. The molecule has 2 N–H and O–H groups in total. The summed E-state index contributed by atoms with van der Waals surface area (Å²) in [5, 5.41) is 0. The van der Waals surface area contributed by atoms with Crippen molar-refractivity contribution >= 4 is 18.3 Å². The molecule has 0 aliphatic carbocycles. The maximum atomic E-state index is 13.1. The van der Waals surface area contributed by atoms with Crippen LogP contribution in [0.15, 0.2) is 60.7 Å². The van der Waals surface area contributed by atoms with Crippen LogP contribution in [0.25, 0.3) is 0 Å². The smallest absolute Gasteiger partial charge is 0.268 e. The number of para-hydroxylation sites is 1. The molecule has 0 radical (unpaired) electrons. The molecule has 1 aliphatic heterocycles. The molecule has 1 fully saturated rings. The van der Waals surface area contributed by atoms with E-state index in [0.717, 1.165) is 18.5 Å². The molecule has 2 aromatic rings. The molecule has 134 valence electrons. The van der Waals surface area contributed by atoms with Gasteiger partial charge in [0.25, 0.3) is 5.91 Å². The normalized spacial score (nSPS) is 20.6. The number of ether oxygens (including phenoxy) is 1. The third-order valence-electron chi connectivity index (χ3n) is 4.69. The molecule has 1 aliphatic rings. The second kappa shape index (κ2) is 8.37. The number of carbonyl (C=O) groups is 1. The van der Waals surface area contributed by atoms with Gasteiger partial charge in [0.15, 0.2) is 0 Å². The van der Waals surface area contributed by atoms with E-state index >= 15 is 0 Å². The van der Waals surface area contributed by atoms with Gasteiger partial charge in [-0.05, 0) is 30.5 Å². The van der Waals surface area contributed by atoms with Crippen molar-refractivity contribution in [2.45, 2.75) is 19.4 Å². The first-order valence-electron chi connectivity index (χ1n) is 8.37. The Morgan fingerprint density at radius 3 is 2.32 bits per heavy atom. The predicted octanol–water partition coefficient (Wildman–Crippen LogP) is 3.43. The van der Waals surface area contributed by atoms with Crippen molar-refractivity contribution in [2.24, 2.45) is 11.1 Å². The summed E-state index contributed by atoms with van der Waals surface area (Å²) in [6.07, 6.45) is 0.302. The summed E-state index contributed by atoms with van der Waals surface area (Å²) < 4.78 is 6.05. The average molecular weight is 361 g/mol. The van der Waals surface area contributed by atoms with Crippen LogP contribution in [0.3, 0.4) is 0 Å². The fourth-order valence-electron chi connectivity index (χ4n) is 3.07. The van der Waals surface area contributed by atoms with Crippen molar-refractivity contribution in [2.75, 3.05) is 19.6 Å². The fourth-order valence-corrected chi connectivity index (χ4v) is 3.07. The molecule has 25 heavy (non-hydrogen) atoms. The number of rotatable bonds is 5. The monoisotopic (exact) mass is 360 g/mol. The zero-order chi connectivity index (χ0) is 17.0. The van der Waals surface area contributed by atoms with Gasteiger partial charge < -0.3 is 15.4 Å². The van der Waals surface area contributed by atoms with E-state index in [2.05, 4.69) is 6.92 Å². The number of hydrogen-bond acceptors (Lipinski definition) is 3. The van der Waals surface area contributed by atoms with Gasteiger partial charge >= 0.3 is 0 Å². The Labute approximate surface area is 155 Å². The van der Waals surface area contributed by atoms with Crippen molar-refractivity contribution in [3.63, 3.8) is 0 Å². The van der Waals surface area contributed by atoms with E-state index in [-0.39, 0.29) is 23.7 Å². The molecule has 1 heterocycles. The third kappa shape index (κ3) is 4.53. The molecule has 2 unspecified atom stereocenters. The molecule has 0 saturated carbocycles. The Bertz CT molecular complexity index is 681. The first-order valence-corrected chi connectivity index (χ1v) is 8.37. The van der Waals surface area contributed by atoms with Crippen LogP contribution in [0, 0.1) is 5.41 Å². The maximum Gasteiger partial charge on any atom is 0.268 e. The van der Waals surface area contributed by atoms with E-state index in [0.29, 0.717) is 18.8 Å². The number of nitrogens with zero attached hydrogens (tertiary/aromatic N) is 1. The van der Waals surface area contributed by atoms with Crippen LogP contribution < -0.4 is 10.5 Å². The molecule has 3 rings (SSSR count). The van der Waals surface area contributed by atoms with Gasteiger partial charge in [0.1, 0.15) is 5.75 Å². The summed E-state index contributed by atoms with van der Waals surface area (Å²) in [6.45, 7) is 4.14. The molecule has 0 aromatic heterocycles. The highest BCUT2D eigenvalue weighted by atomic mass is 35.5. The van der Waals surface area contributed by atoms with Gasteiger partial charge in [0, 0.05) is 18.7 Å². The van der Waals surface area contributed by atoms with Crippen molar-refractivity contribution in [1.82, 2.24) is 4.90 Å². The average Bonchev–Trinajstić information content (AvgIpc) is 3.04. The third-order valence-corrected chi connectivity index (χ3v) is 4.69. The van der Waals surface area contributed by atoms with Gasteiger partial charge in [-0.2, -0.15) is 0 Å². The van der Waals surface area contributed by atoms with Crippen LogP contribution >= 0.6 is 12.4 Å². The molecule has 4 nitrogen and oxygen atoms in total. The van der Waals surface area contributed by atoms with Crippen LogP contribution in [-0.2, 0) is 4.79 Å². The van der Waals surface area contributed by atoms with Crippen LogP contribution in [0.1, 0.15) is 25.0 Å². The second-order valence-corrected chi connectivity index (χ2v) is 6.75. The lowest BCUT2D eigenvalue weighted by atomic mass is 9.90. The summed E-state index contributed by atoms with van der Waals surface area (Å²) in [6, 6.07) is 19.2. The highest BCUT2D eigenvalue weighted by Crippen LogP contribution is 2.32. The summed E-state index contributed by atoms with van der Waals surface area (Å²) in [5.41, 5.74) is 6.74. The number of hydrogen-bond donors (Lipinski definition) is 1. The highest BCUT2D eigenvalue weighted by molar-refractivity contribution is 5.85. The lowest BCUT2D eigenvalue weighted by Gasteiger charge is -2.26. The second-order valence-electron chi connectivity index (χ2n) is 6.75. The minimum absolute atomic E-state index is 0. The number of halogens is 1. The van der Waals surface area contributed by atoms with E-state index in [9.17, 15) is 4.79 Å². The molecule has 5 heteroatoms. The van der Waals surface area contributed by atoms with Crippen molar-refractivity contribution in [3.05, 3.63) is 66.2 Å². The summed E-state index contributed by atoms with van der Waals surface area (Å²) in [5.74, 6) is 0.697. The summed E-state index contributed by atoms with van der Waals surface area (Å²) >= 11 is 0. The lowest BCUT2D eigenvalue weighted by Crippen LogP contribution is -2.38. The molecule has 1 amide bonds. The van der Waals surface area contributed by atoms with Gasteiger partial charge in [0.2, 0.25) is 6.10 Å². The van der Waals surface area contributed by atoms with Crippen molar-refractivity contribution in [1.29, 1.82) is 0 Å². The summed E-state index contributed by atoms with van der Waals surface area (Å²) in [4.78, 5) is 15.0. The first-order chi connectivity index (χ1) is 11.6. The Hall–Kier alpha value is -2.04. The molecule has 0 bridgehead atoms. The molecule has 1 saturated heterocycles. The van der Waals surface area contributed by atoms with Gasteiger partial charge in [0.05, 0.1) is 0 Å². The largest absolute Gasteiger partial charge is 0.476 e. The molecular weight excluding hydrogens is 336 g/mol. The Kier molecular flexibility index (Phi) is 6.45. The number of benzene rings is 2. The van der Waals surface area contributed by atoms with Crippen LogP contribution in [0.4, 0.5) is 0 Å². The quantitative estimate of drug-likeness (QED) is 0.888. The predicted molar refractivity (Wildman–Crippen MR) is 102 cm³/mol. The topological polar surface area (TPSA) is 55.6 Å². The maximum absolute atomic E-state index is 13.1. The minimum Gasteiger partial charge on any atom is -0.476 e. The zero-order valence-electron chi connectivity index (χ0n) is 14.4. The number of nitrogens with two attached hydrogens (primary N) is 1. The minimum atomic E-state index is -0.631.